The molecule has 0 saturated carbocycles. The fourth-order valence-corrected chi connectivity index (χ4v) is 4.88. The van der Waals surface area contributed by atoms with E-state index in [9.17, 15) is 8.42 Å². The lowest BCUT2D eigenvalue weighted by Gasteiger charge is -2.27. The number of nitrogens with one attached hydrogen (secondary N) is 1. The van der Waals surface area contributed by atoms with E-state index in [1.807, 2.05) is 66.7 Å². The SMILES string of the molecule is O=S(=O)(Nc1ccc(-c2ccc(N3CCOCC3)nn2)cc1)c1ccc(-c2ccccc2)cc1. The van der Waals surface area contributed by atoms with E-state index in [0.717, 1.165) is 41.3 Å². The number of aromatic nitrogens is 2. The van der Waals surface area contributed by atoms with Crippen molar-refractivity contribution in [1.29, 1.82) is 0 Å². The summed E-state index contributed by atoms with van der Waals surface area (Å²) in [6.07, 6.45) is 0. The maximum Gasteiger partial charge on any atom is 0.261 e. The predicted octanol–water partition coefficient (Wildman–Crippen LogP) is 4.45. The van der Waals surface area contributed by atoms with Crippen LogP contribution in [0.3, 0.4) is 0 Å². The predicted molar refractivity (Wildman–Crippen MR) is 133 cm³/mol. The van der Waals surface area contributed by atoms with Crippen LogP contribution in [0.5, 0.6) is 0 Å². The highest BCUT2D eigenvalue weighted by molar-refractivity contribution is 7.92. The smallest absolute Gasteiger partial charge is 0.261 e. The van der Waals surface area contributed by atoms with Crippen LogP contribution in [0, 0.1) is 0 Å². The highest BCUT2D eigenvalue weighted by Gasteiger charge is 2.15. The van der Waals surface area contributed by atoms with Crippen LogP contribution in [0.25, 0.3) is 22.4 Å². The number of ether oxygens (including phenoxy) is 1. The minimum Gasteiger partial charge on any atom is -0.378 e. The first-order valence-corrected chi connectivity index (χ1v) is 12.5. The van der Waals surface area contributed by atoms with Crippen molar-refractivity contribution in [3.05, 3.63) is 91.0 Å². The van der Waals surface area contributed by atoms with Crippen LogP contribution < -0.4 is 9.62 Å². The third-order valence-corrected chi connectivity index (χ3v) is 7.09. The van der Waals surface area contributed by atoms with Crippen molar-refractivity contribution < 1.29 is 13.2 Å². The minimum atomic E-state index is -3.70. The zero-order chi connectivity index (χ0) is 23.4. The summed E-state index contributed by atoms with van der Waals surface area (Å²) in [5.74, 6) is 0.828. The van der Waals surface area contributed by atoms with Gasteiger partial charge in [-0.05, 0) is 47.5 Å². The molecule has 1 N–H and O–H groups in total. The van der Waals surface area contributed by atoms with Gasteiger partial charge in [-0.25, -0.2) is 8.42 Å². The van der Waals surface area contributed by atoms with E-state index < -0.39 is 10.0 Å². The zero-order valence-electron chi connectivity index (χ0n) is 18.5. The van der Waals surface area contributed by atoms with Gasteiger partial charge in [-0.1, -0.05) is 54.6 Å². The molecule has 0 spiro atoms. The Morgan fingerprint density at radius 1 is 0.706 bits per heavy atom. The fourth-order valence-electron chi connectivity index (χ4n) is 3.82. The number of hydrogen-bond donors (Lipinski definition) is 1. The van der Waals surface area contributed by atoms with E-state index in [1.54, 1.807) is 24.3 Å². The average molecular weight is 473 g/mol. The summed E-state index contributed by atoms with van der Waals surface area (Å²) in [7, 11) is -3.70. The molecule has 4 aromatic rings. The average Bonchev–Trinajstić information content (AvgIpc) is 2.90. The molecule has 0 amide bonds. The third kappa shape index (κ3) is 4.93. The summed E-state index contributed by atoms with van der Waals surface area (Å²) in [5, 5.41) is 8.68. The lowest BCUT2D eigenvalue weighted by Crippen LogP contribution is -2.36. The first-order valence-electron chi connectivity index (χ1n) is 11.0. The number of hydrogen-bond acceptors (Lipinski definition) is 6. The molecular formula is C26H24N4O3S. The molecule has 1 aliphatic rings. The Kier molecular flexibility index (Phi) is 6.24. The summed E-state index contributed by atoms with van der Waals surface area (Å²) in [6, 6.07) is 27.7. The van der Waals surface area contributed by atoms with Gasteiger partial charge in [0.15, 0.2) is 5.82 Å². The summed E-state index contributed by atoms with van der Waals surface area (Å²) in [6.45, 7) is 2.99. The largest absolute Gasteiger partial charge is 0.378 e. The van der Waals surface area contributed by atoms with Gasteiger partial charge in [0, 0.05) is 24.3 Å². The number of morpholine rings is 1. The second-order valence-corrected chi connectivity index (χ2v) is 9.63. The standard InChI is InChI=1S/C26H24N4O3S/c31-34(32,24-12-8-21(9-13-24)20-4-2-1-3-5-20)29-23-10-6-22(7-11-23)25-14-15-26(28-27-25)30-16-18-33-19-17-30/h1-15,29H,16-19H2. The molecule has 1 aromatic heterocycles. The van der Waals surface area contributed by atoms with E-state index in [1.165, 1.54) is 0 Å². The molecule has 3 aromatic carbocycles. The van der Waals surface area contributed by atoms with Gasteiger partial charge in [-0.3, -0.25) is 4.72 Å². The maximum atomic E-state index is 12.8. The Morgan fingerprint density at radius 3 is 2.00 bits per heavy atom. The van der Waals surface area contributed by atoms with Crippen LogP contribution in [-0.2, 0) is 14.8 Å². The van der Waals surface area contributed by atoms with Gasteiger partial charge in [-0.15, -0.1) is 10.2 Å². The molecule has 0 aliphatic carbocycles. The third-order valence-electron chi connectivity index (χ3n) is 5.69. The van der Waals surface area contributed by atoms with Gasteiger partial charge in [0.25, 0.3) is 10.0 Å². The van der Waals surface area contributed by atoms with Crippen LogP contribution in [0.15, 0.2) is 95.9 Å². The summed E-state index contributed by atoms with van der Waals surface area (Å²) >= 11 is 0. The van der Waals surface area contributed by atoms with E-state index in [-0.39, 0.29) is 4.90 Å². The number of nitrogens with zero attached hydrogens (tertiary/aromatic N) is 3. The van der Waals surface area contributed by atoms with Crippen molar-refractivity contribution in [2.75, 3.05) is 35.9 Å². The van der Waals surface area contributed by atoms with Gasteiger partial charge < -0.3 is 9.64 Å². The Hall–Kier alpha value is -3.75. The summed E-state index contributed by atoms with van der Waals surface area (Å²) < 4.78 is 33.7. The number of rotatable bonds is 6. The van der Waals surface area contributed by atoms with Gasteiger partial charge in [0.1, 0.15) is 0 Å². The van der Waals surface area contributed by atoms with E-state index >= 15 is 0 Å². The van der Waals surface area contributed by atoms with Crippen molar-refractivity contribution in [2.24, 2.45) is 0 Å². The topological polar surface area (TPSA) is 84.4 Å². The second kappa shape index (κ2) is 9.62. The molecule has 5 rings (SSSR count). The molecule has 7 nitrogen and oxygen atoms in total. The van der Waals surface area contributed by atoms with Crippen molar-refractivity contribution in [2.45, 2.75) is 4.90 Å². The molecule has 0 atom stereocenters. The molecule has 34 heavy (non-hydrogen) atoms. The van der Waals surface area contributed by atoms with Gasteiger partial charge in [-0.2, -0.15) is 0 Å². The van der Waals surface area contributed by atoms with Gasteiger partial charge in [0.05, 0.1) is 23.8 Å². The van der Waals surface area contributed by atoms with E-state index in [4.69, 9.17) is 4.74 Å². The highest BCUT2D eigenvalue weighted by atomic mass is 32.2. The lowest BCUT2D eigenvalue weighted by atomic mass is 10.1. The molecule has 1 saturated heterocycles. The van der Waals surface area contributed by atoms with Crippen LogP contribution in [0.2, 0.25) is 0 Å². The van der Waals surface area contributed by atoms with Crippen LogP contribution in [-0.4, -0.2) is 44.9 Å². The van der Waals surface area contributed by atoms with Crippen LogP contribution in [0.4, 0.5) is 11.5 Å². The van der Waals surface area contributed by atoms with E-state index in [0.29, 0.717) is 18.9 Å². The number of benzene rings is 3. The Morgan fingerprint density at radius 2 is 1.35 bits per heavy atom. The Balaban J connectivity index is 1.27. The molecule has 8 heteroatoms. The second-order valence-electron chi connectivity index (χ2n) is 7.95. The molecule has 0 radical (unpaired) electrons. The molecular weight excluding hydrogens is 448 g/mol. The Bertz CT molecular complexity index is 1340. The lowest BCUT2D eigenvalue weighted by molar-refractivity contribution is 0.122. The molecule has 0 unspecified atom stereocenters. The van der Waals surface area contributed by atoms with Crippen LogP contribution in [0.1, 0.15) is 0 Å². The monoisotopic (exact) mass is 472 g/mol. The van der Waals surface area contributed by atoms with Crippen molar-refractivity contribution in [3.63, 3.8) is 0 Å². The summed E-state index contributed by atoms with van der Waals surface area (Å²) in [5.41, 5.74) is 4.06. The van der Waals surface area contributed by atoms with Crippen molar-refractivity contribution in [1.82, 2.24) is 10.2 Å². The zero-order valence-corrected chi connectivity index (χ0v) is 19.3. The van der Waals surface area contributed by atoms with Gasteiger partial charge in [0.2, 0.25) is 0 Å². The normalized spacial score (nSPS) is 14.1. The maximum absolute atomic E-state index is 12.8. The minimum absolute atomic E-state index is 0.209. The number of sulfonamides is 1. The Labute approximate surface area is 199 Å². The van der Waals surface area contributed by atoms with Crippen molar-refractivity contribution >= 4 is 21.5 Å². The molecule has 1 aliphatic heterocycles. The summed E-state index contributed by atoms with van der Waals surface area (Å²) in [4.78, 5) is 2.35. The molecule has 0 bridgehead atoms. The van der Waals surface area contributed by atoms with Crippen LogP contribution >= 0.6 is 0 Å². The fraction of sp³-hybridized carbons (Fsp3) is 0.154. The van der Waals surface area contributed by atoms with E-state index in [2.05, 4.69) is 19.8 Å². The van der Waals surface area contributed by atoms with Crippen molar-refractivity contribution in [3.8, 4) is 22.4 Å². The first-order chi connectivity index (χ1) is 16.6. The molecule has 172 valence electrons. The number of anilines is 2. The van der Waals surface area contributed by atoms with Gasteiger partial charge >= 0.3 is 0 Å². The molecule has 2 heterocycles. The first kappa shape index (κ1) is 22.1. The highest BCUT2D eigenvalue weighted by Crippen LogP contribution is 2.24. The quantitative estimate of drug-likeness (QED) is 0.446. The molecule has 1 fully saturated rings.